The fourth-order valence-electron chi connectivity index (χ4n) is 3.66. The molecule has 0 radical (unpaired) electrons. The molecule has 5 rings (SSSR count). The average molecular weight is 429 g/mol. The minimum Gasteiger partial charge on any atom is -0.487 e. The first kappa shape index (κ1) is 19.9. The molecule has 4 aromatic rings. The third kappa shape index (κ3) is 4.09. The molecule has 1 N–H and O–H groups in total. The van der Waals surface area contributed by atoms with Crippen molar-refractivity contribution in [2.75, 3.05) is 6.79 Å². The van der Waals surface area contributed by atoms with E-state index in [2.05, 4.69) is 10.3 Å². The van der Waals surface area contributed by atoms with E-state index in [0.717, 1.165) is 28.2 Å². The maximum absolute atomic E-state index is 12.8. The van der Waals surface area contributed by atoms with Gasteiger partial charge in [-0.1, -0.05) is 18.2 Å². The van der Waals surface area contributed by atoms with Gasteiger partial charge in [0.15, 0.2) is 11.5 Å². The second-order valence-electron chi connectivity index (χ2n) is 7.83. The third-order valence-corrected chi connectivity index (χ3v) is 5.38. The Kier molecular flexibility index (Phi) is 5.15. The Bertz CT molecular complexity index is 1300. The Hall–Kier alpha value is -4.00. The van der Waals surface area contributed by atoms with Gasteiger partial charge in [0.05, 0.1) is 11.7 Å². The van der Waals surface area contributed by atoms with Crippen molar-refractivity contribution in [1.82, 2.24) is 14.7 Å². The fraction of sp³-hybridized carbons (Fsp3) is 0.200. The number of benzene rings is 2. The Morgan fingerprint density at radius 3 is 2.91 bits per heavy atom. The molecular weight excluding hydrogens is 406 g/mol. The average Bonchev–Trinajstić information content (AvgIpc) is 3.43. The van der Waals surface area contributed by atoms with Crippen LogP contribution >= 0.6 is 0 Å². The third-order valence-electron chi connectivity index (χ3n) is 5.38. The van der Waals surface area contributed by atoms with Crippen LogP contribution in [-0.2, 0) is 6.61 Å². The van der Waals surface area contributed by atoms with E-state index in [9.17, 15) is 4.79 Å². The second-order valence-corrected chi connectivity index (χ2v) is 7.83. The number of rotatable bonds is 6. The maximum Gasteiger partial charge on any atom is 0.251 e. The Morgan fingerprint density at radius 1 is 1.12 bits per heavy atom. The van der Waals surface area contributed by atoms with Crippen LogP contribution in [0, 0.1) is 6.92 Å². The van der Waals surface area contributed by atoms with Crippen LogP contribution in [0.4, 0.5) is 0 Å². The summed E-state index contributed by atoms with van der Waals surface area (Å²) in [4.78, 5) is 17.4. The molecule has 0 fully saturated rings. The standard InChI is InChI=1S/C25H23N3O4/c1-16-6-9-24-27-20(13-28(24)12-16)14-30-21-5-3-4-19(10-21)25(29)26-17(2)18-7-8-22-23(11-18)32-15-31-22/h3-13,17H,14-15H2,1-2H3,(H,26,29). The van der Waals surface area contributed by atoms with Crippen molar-refractivity contribution in [3.63, 3.8) is 0 Å². The van der Waals surface area contributed by atoms with Crippen LogP contribution in [0.1, 0.15) is 40.1 Å². The van der Waals surface area contributed by atoms with Gasteiger partial charge in [0, 0.05) is 18.0 Å². The number of pyridine rings is 1. The molecule has 0 saturated carbocycles. The molecule has 7 nitrogen and oxygen atoms in total. The first-order valence-corrected chi connectivity index (χ1v) is 10.4. The summed E-state index contributed by atoms with van der Waals surface area (Å²) in [6.45, 7) is 4.51. The van der Waals surface area contributed by atoms with Crippen molar-refractivity contribution in [3.05, 3.63) is 89.4 Å². The molecule has 2 aromatic heterocycles. The summed E-state index contributed by atoms with van der Waals surface area (Å²) in [7, 11) is 0. The van der Waals surface area contributed by atoms with E-state index in [1.165, 1.54) is 0 Å². The van der Waals surface area contributed by atoms with E-state index in [0.29, 0.717) is 23.7 Å². The highest BCUT2D eigenvalue weighted by molar-refractivity contribution is 5.94. The first-order chi connectivity index (χ1) is 15.5. The zero-order chi connectivity index (χ0) is 22.1. The number of hydrogen-bond donors (Lipinski definition) is 1. The molecule has 7 heteroatoms. The lowest BCUT2D eigenvalue weighted by atomic mass is 10.1. The summed E-state index contributed by atoms with van der Waals surface area (Å²) in [6, 6.07) is 16.6. The number of hydrogen-bond acceptors (Lipinski definition) is 5. The van der Waals surface area contributed by atoms with Gasteiger partial charge >= 0.3 is 0 Å². The first-order valence-electron chi connectivity index (χ1n) is 10.4. The predicted octanol–water partition coefficient (Wildman–Crippen LogP) is 4.44. The van der Waals surface area contributed by atoms with Crippen molar-refractivity contribution in [1.29, 1.82) is 0 Å². The summed E-state index contributed by atoms with van der Waals surface area (Å²) in [5, 5.41) is 3.02. The van der Waals surface area contributed by atoms with Crippen molar-refractivity contribution >= 4 is 11.6 Å². The maximum atomic E-state index is 12.8. The zero-order valence-electron chi connectivity index (χ0n) is 17.9. The van der Waals surface area contributed by atoms with Gasteiger partial charge in [0.2, 0.25) is 6.79 Å². The summed E-state index contributed by atoms with van der Waals surface area (Å²) < 4.78 is 18.6. The number of nitrogens with one attached hydrogen (secondary N) is 1. The molecule has 0 bridgehead atoms. The Balaban J connectivity index is 1.24. The zero-order valence-corrected chi connectivity index (χ0v) is 17.9. The van der Waals surface area contributed by atoms with Crippen molar-refractivity contribution < 1.29 is 19.0 Å². The number of carbonyl (C=O) groups is 1. The SMILES string of the molecule is Cc1ccc2nc(COc3cccc(C(=O)NC(C)c4ccc5c(c4)OCO5)c3)cn2c1. The summed E-state index contributed by atoms with van der Waals surface area (Å²) in [5.41, 5.74) is 4.33. The summed E-state index contributed by atoms with van der Waals surface area (Å²) in [6.07, 6.45) is 3.98. The molecule has 162 valence electrons. The van der Waals surface area contributed by atoms with Gasteiger partial charge in [0.1, 0.15) is 18.0 Å². The lowest BCUT2D eigenvalue weighted by Crippen LogP contribution is -2.26. The molecule has 1 amide bonds. The van der Waals surface area contributed by atoms with E-state index in [1.807, 2.05) is 73.1 Å². The Labute approximate surface area is 185 Å². The van der Waals surface area contributed by atoms with Crippen molar-refractivity contribution in [2.24, 2.45) is 0 Å². The largest absolute Gasteiger partial charge is 0.487 e. The molecule has 0 spiro atoms. The molecule has 2 aromatic carbocycles. The lowest BCUT2D eigenvalue weighted by Gasteiger charge is -2.15. The van der Waals surface area contributed by atoms with Crippen LogP contribution in [0.5, 0.6) is 17.2 Å². The smallest absolute Gasteiger partial charge is 0.251 e. The van der Waals surface area contributed by atoms with Gasteiger partial charge in [-0.15, -0.1) is 0 Å². The summed E-state index contributed by atoms with van der Waals surface area (Å²) in [5.74, 6) is 1.85. The predicted molar refractivity (Wildman–Crippen MR) is 119 cm³/mol. The molecule has 1 aliphatic heterocycles. The number of fused-ring (bicyclic) bond motifs is 2. The monoisotopic (exact) mass is 429 g/mol. The molecule has 1 unspecified atom stereocenters. The number of carbonyl (C=O) groups excluding carboxylic acids is 1. The number of imidazole rings is 1. The highest BCUT2D eigenvalue weighted by atomic mass is 16.7. The van der Waals surface area contributed by atoms with Crippen molar-refractivity contribution in [3.8, 4) is 17.2 Å². The molecule has 1 aliphatic rings. The van der Waals surface area contributed by atoms with Crippen molar-refractivity contribution in [2.45, 2.75) is 26.5 Å². The minimum absolute atomic E-state index is 0.177. The number of aromatic nitrogens is 2. The molecule has 0 saturated heterocycles. The molecule has 0 aliphatic carbocycles. The number of aryl methyl sites for hydroxylation is 1. The van der Waals surface area contributed by atoms with Gasteiger partial charge in [-0.05, 0) is 61.4 Å². The number of nitrogens with zero attached hydrogens (tertiary/aromatic N) is 2. The van der Waals surface area contributed by atoms with Crippen LogP contribution in [0.15, 0.2) is 67.0 Å². The van der Waals surface area contributed by atoms with E-state index in [1.54, 1.807) is 12.1 Å². The van der Waals surface area contributed by atoms with E-state index >= 15 is 0 Å². The molecule has 1 atom stereocenters. The minimum atomic E-state index is -0.192. The number of ether oxygens (including phenoxy) is 3. The van der Waals surface area contributed by atoms with E-state index in [4.69, 9.17) is 14.2 Å². The van der Waals surface area contributed by atoms with Crippen LogP contribution in [0.25, 0.3) is 5.65 Å². The van der Waals surface area contributed by atoms with E-state index < -0.39 is 0 Å². The fourth-order valence-corrected chi connectivity index (χ4v) is 3.66. The highest BCUT2D eigenvalue weighted by Crippen LogP contribution is 2.34. The van der Waals surface area contributed by atoms with Crippen LogP contribution in [0.3, 0.4) is 0 Å². The van der Waals surface area contributed by atoms with Gasteiger partial charge < -0.3 is 23.9 Å². The van der Waals surface area contributed by atoms with E-state index in [-0.39, 0.29) is 18.7 Å². The second kappa shape index (κ2) is 8.26. The topological polar surface area (TPSA) is 74.1 Å². The van der Waals surface area contributed by atoms with Gasteiger partial charge in [-0.3, -0.25) is 4.79 Å². The highest BCUT2D eigenvalue weighted by Gasteiger charge is 2.17. The summed E-state index contributed by atoms with van der Waals surface area (Å²) >= 11 is 0. The molecular formula is C25H23N3O4. The normalized spacial score (nSPS) is 13.2. The lowest BCUT2D eigenvalue weighted by molar-refractivity contribution is 0.0939. The van der Waals surface area contributed by atoms with Gasteiger partial charge in [-0.2, -0.15) is 0 Å². The van der Waals surface area contributed by atoms with Gasteiger partial charge in [-0.25, -0.2) is 4.98 Å². The quantitative estimate of drug-likeness (QED) is 0.490. The van der Waals surface area contributed by atoms with Crippen LogP contribution in [0.2, 0.25) is 0 Å². The molecule has 32 heavy (non-hydrogen) atoms. The molecule has 3 heterocycles. The van der Waals surface area contributed by atoms with Crippen LogP contribution in [-0.4, -0.2) is 22.1 Å². The van der Waals surface area contributed by atoms with Crippen LogP contribution < -0.4 is 19.5 Å². The van der Waals surface area contributed by atoms with Gasteiger partial charge in [0.25, 0.3) is 5.91 Å². The Morgan fingerprint density at radius 2 is 2.00 bits per heavy atom. The number of amides is 1.